The van der Waals surface area contributed by atoms with Crippen molar-refractivity contribution in [2.24, 2.45) is 5.73 Å². The van der Waals surface area contributed by atoms with Crippen molar-refractivity contribution < 1.29 is 9.21 Å². The Hall–Kier alpha value is -1.36. The Labute approximate surface area is 63.6 Å². The van der Waals surface area contributed by atoms with E-state index < -0.39 is 5.91 Å². The summed E-state index contributed by atoms with van der Waals surface area (Å²) in [6.07, 6.45) is 1.40. The van der Waals surface area contributed by atoms with E-state index in [0.29, 0.717) is 12.2 Å². The van der Waals surface area contributed by atoms with Crippen molar-refractivity contribution in [1.82, 2.24) is 10.3 Å². The number of hydrogen-bond donors (Lipinski definition) is 2. The Bertz CT molecular complexity index is 256. The van der Waals surface area contributed by atoms with Crippen molar-refractivity contribution in [3.63, 3.8) is 0 Å². The number of oxazole rings is 1. The van der Waals surface area contributed by atoms with Crippen LogP contribution in [0, 0.1) is 0 Å². The summed E-state index contributed by atoms with van der Waals surface area (Å²) in [6, 6.07) is 0. The van der Waals surface area contributed by atoms with Crippen LogP contribution in [0.1, 0.15) is 16.4 Å². The third-order valence-corrected chi connectivity index (χ3v) is 1.12. The molecule has 0 saturated carbocycles. The quantitative estimate of drug-likeness (QED) is 0.616. The third kappa shape index (κ3) is 1.78. The van der Waals surface area contributed by atoms with Crippen LogP contribution in [0.5, 0.6) is 0 Å². The smallest absolute Gasteiger partial charge is 0.304 e. The van der Waals surface area contributed by atoms with Crippen LogP contribution in [-0.4, -0.2) is 17.9 Å². The second kappa shape index (κ2) is 3.16. The van der Waals surface area contributed by atoms with E-state index in [2.05, 4.69) is 10.3 Å². The first-order valence-corrected chi connectivity index (χ1v) is 3.13. The third-order valence-electron chi connectivity index (χ3n) is 1.12. The Kier molecular flexibility index (Phi) is 2.22. The van der Waals surface area contributed by atoms with Crippen molar-refractivity contribution in [3.8, 4) is 0 Å². The highest BCUT2D eigenvalue weighted by atomic mass is 16.3. The molecule has 0 radical (unpaired) electrons. The number of amides is 1. The van der Waals surface area contributed by atoms with Gasteiger partial charge >= 0.3 is 5.91 Å². The Morgan fingerprint density at radius 1 is 1.91 bits per heavy atom. The van der Waals surface area contributed by atoms with E-state index in [0.717, 1.165) is 0 Å². The summed E-state index contributed by atoms with van der Waals surface area (Å²) in [5.41, 5.74) is 5.58. The molecule has 0 spiro atoms. The fourth-order valence-corrected chi connectivity index (χ4v) is 0.682. The molecule has 1 heterocycles. The zero-order valence-corrected chi connectivity index (χ0v) is 6.13. The second-order valence-corrected chi connectivity index (χ2v) is 2.04. The summed E-state index contributed by atoms with van der Waals surface area (Å²) < 4.78 is 4.75. The van der Waals surface area contributed by atoms with Crippen molar-refractivity contribution in [2.45, 2.75) is 6.54 Å². The number of primary amides is 1. The summed E-state index contributed by atoms with van der Waals surface area (Å²) in [4.78, 5) is 14.3. The molecule has 11 heavy (non-hydrogen) atoms. The molecule has 60 valence electrons. The molecule has 1 aromatic heterocycles. The summed E-state index contributed by atoms with van der Waals surface area (Å²) >= 11 is 0. The molecule has 0 unspecified atom stereocenters. The molecular weight excluding hydrogens is 146 g/mol. The highest BCUT2D eigenvalue weighted by molar-refractivity contribution is 5.87. The fraction of sp³-hybridized carbons (Fsp3) is 0.333. The van der Waals surface area contributed by atoms with Crippen LogP contribution in [0.3, 0.4) is 0 Å². The average molecular weight is 155 g/mol. The number of rotatable bonds is 3. The molecule has 0 fully saturated rings. The van der Waals surface area contributed by atoms with E-state index in [4.69, 9.17) is 10.2 Å². The monoisotopic (exact) mass is 155 g/mol. The predicted octanol–water partition coefficient (Wildman–Crippen LogP) is -0.507. The van der Waals surface area contributed by atoms with Crippen LogP contribution < -0.4 is 11.1 Å². The van der Waals surface area contributed by atoms with Gasteiger partial charge in [0.15, 0.2) is 0 Å². The van der Waals surface area contributed by atoms with Crippen molar-refractivity contribution in [1.29, 1.82) is 0 Å². The van der Waals surface area contributed by atoms with Crippen LogP contribution in [-0.2, 0) is 6.54 Å². The van der Waals surface area contributed by atoms with Gasteiger partial charge in [0.2, 0.25) is 0 Å². The second-order valence-electron chi connectivity index (χ2n) is 2.04. The maximum Gasteiger partial charge on any atom is 0.304 e. The lowest BCUT2D eigenvalue weighted by atomic mass is 10.5. The van der Waals surface area contributed by atoms with Crippen LogP contribution in [0.15, 0.2) is 10.7 Å². The highest BCUT2D eigenvalue weighted by Gasteiger charge is 2.07. The number of carbonyl (C=O) groups is 1. The zero-order chi connectivity index (χ0) is 8.27. The summed E-state index contributed by atoms with van der Waals surface area (Å²) in [6.45, 7) is 0.566. The molecule has 0 bridgehead atoms. The molecule has 5 nitrogen and oxygen atoms in total. The van der Waals surface area contributed by atoms with Gasteiger partial charge in [0.25, 0.3) is 5.89 Å². The van der Waals surface area contributed by atoms with Gasteiger partial charge < -0.3 is 15.5 Å². The summed E-state index contributed by atoms with van der Waals surface area (Å²) in [7, 11) is 1.78. The fourth-order valence-electron chi connectivity index (χ4n) is 0.682. The van der Waals surface area contributed by atoms with Gasteiger partial charge in [-0.05, 0) is 7.05 Å². The van der Waals surface area contributed by atoms with Gasteiger partial charge in [-0.1, -0.05) is 0 Å². The Balaban J connectivity index is 2.73. The number of carbonyl (C=O) groups excluding carboxylic acids is 1. The van der Waals surface area contributed by atoms with E-state index >= 15 is 0 Å². The van der Waals surface area contributed by atoms with Crippen LogP contribution in [0.25, 0.3) is 0 Å². The van der Waals surface area contributed by atoms with Gasteiger partial charge in [-0.3, -0.25) is 4.79 Å². The molecule has 1 rings (SSSR count). The van der Waals surface area contributed by atoms with Gasteiger partial charge in [-0.15, -0.1) is 0 Å². The first-order chi connectivity index (χ1) is 5.24. The molecule has 3 N–H and O–H groups in total. The first kappa shape index (κ1) is 7.74. The molecule has 0 aliphatic rings. The normalized spacial score (nSPS) is 9.91. The molecule has 0 aliphatic heterocycles. The lowest BCUT2D eigenvalue weighted by Crippen LogP contribution is -2.12. The molecular formula is C6H9N3O2. The first-order valence-electron chi connectivity index (χ1n) is 3.13. The molecule has 5 heteroatoms. The maximum absolute atomic E-state index is 10.5. The summed E-state index contributed by atoms with van der Waals surface area (Å²) in [5.74, 6) is -0.692. The van der Waals surface area contributed by atoms with Gasteiger partial charge in [0.05, 0.1) is 5.69 Å². The lowest BCUT2D eigenvalue weighted by Gasteiger charge is -1.87. The number of nitrogens with zero attached hydrogens (tertiary/aromatic N) is 1. The molecule has 0 saturated heterocycles. The number of aromatic nitrogens is 1. The van der Waals surface area contributed by atoms with E-state index in [1.807, 2.05) is 0 Å². The highest BCUT2D eigenvalue weighted by Crippen LogP contribution is 1.99. The van der Waals surface area contributed by atoms with E-state index in [1.165, 1.54) is 6.26 Å². The molecule has 0 aromatic carbocycles. The minimum absolute atomic E-state index is 0.0461. The topological polar surface area (TPSA) is 81.1 Å². The summed E-state index contributed by atoms with van der Waals surface area (Å²) in [5, 5.41) is 2.86. The lowest BCUT2D eigenvalue weighted by molar-refractivity contribution is 0.0967. The van der Waals surface area contributed by atoms with Gasteiger partial charge in [0, 0.05) is 6.54 Å². The van der Waals surface area contributed by atoms with E-state index in [9.17, 15) is 4.79 Å². The number of nitrogens with one attached hydrogen (secondary N) is 1. The molecule has 0 aliphatic carbocycles. The van der Waals surface area contributed by atoms with Crippen molar-refractivity contribution in [3.05, 3.63) is 17.8 Å². The van der Waals surface area contributed by atoms with Crippen LogP contribution in [0.2, 0.25) is 0 Å². The maximum atomic E-state index is 10.5. The van der Waals surface area contributed by atoms with E-state index in [-0.39, 0.29) is 5.89 Å². The van der Waals surface area contributed by atoms with Gasteiger partial charge in [0.1, 0.15) is 6.26 Å². The van der Waals surface area contributed by atoms with Gasteiger partial charge in [-0.2, -0.15) is 0 Å². The van der Waals surface area contributed by atoms with Gasteiger partial charge in [-0.25, -0.2) is 4.98 Å². The minimum Gasteiger partial charge on any atom is -0.441 e. The molecule has 0 atom stereocenters. The van der Waals surface area contributed by atoms with Crippen LogP contribution >= 0.6 is 0 Å². The Morgan fingerprint density at radius 3 is 3.09 bits per heavy atom. The SMILES string of the molecule is CNCc1coc(C(N)=O)n1. The minimum atomic E-state index is -0.646. The van der Waals surface area contributed by atoms with Crippen molar-refractivity contribution in [2.75, 3.05) is 7.05 Å². The van der Waals surface area contributed by atoms with Crippen molar-refractivity contribution >= 4 is 5.91 Å². The van der Waals surface area contributed by atoms with Crippen LogP contribution in [0.4, 0.5) is 0 Å². The largest absolute Gasteiger partial charge is 0.441 e. The molecule has 1 aromatic rings. The zero-order valence-electron chi connectivity index (χ0n) is 6.13. The number of nitrogens with two attached hydrogens (primary N) is 1. The Morgan fingerprint density at radius 2 is 2.64 bits per heavy atom. The number of hydrogen-bond acceptors (Lipinski definition) is 4. The average Bonchev–Trinajstić information content (AvgIpc) is 2.37. The van der Waals surface area contributed by atoms with E-state index in [1.54, 1.807) is 7.05 Å². The molecule has 1 amide bonds. The standard InChI is InChI=1S/C6H9N3O2/c1-8-2-4-3-11-6(9-4)5(7)10/h3,8H,2H2,1H3,(H2,7,10). The predicted molar refractivity (Wildman–Crippen MR) is 37.8 cm³/mol.